The minimum atomic E-state index is -0.283. The van der Waals surface area contributed by atoms with E-state index in [1.165, 1.54) is 0 Å². The average Bonchev–Trinajstić information content (AvgIpc) is 2.72. The Morgan fingerprint density at radius 1 is 1.44 bits per heavy atom. The molecule has 3 nitrogen and oxygen atoms in total. The zero-order chi connectivity index (χ0) is 13.2. The summed E-state index contributed by atoms with van der Waals surface area (Å²) in [5.74, 6) is 2.26. The van der Waals surface area contributed by atoms with Crippen LogP contribution in [0.1, 0.15) is 38.2 Å². The van der Waals surface area contributed by atoms with Gasteiger partial charge in [0.25, 0.3) is 0 Å². The van der Waals surface area contributed by atoms with Gasteiger partial charge in [-0.1, -0.05) is 20.8 Å². The van der Waals surface area contributed by atoms with Gasteiger partial charge in [0, 0.05) is 24.3 Å². The monoisotopic (exact) mass is 267 g/mol. The highest BCUT2D eigenvalue weighted by Gasteiger charge is 2.29. The van der Waals surface area contributed by atoms with Crippen molar-refractivity contribution < 1.29 is 9.21 Å². The second-order valence-corrected chi connectivity index (χ2v) is 7.02. The van der Waals surface area contributed by atoms with E-state index >= 15 is 0 Å². The molecule has 0 saturated carbocycles. The molecule has 0 bridgehead atoms. The Bertz CT molecular complexity index is 394. The fourth-order valence-corrected chi connectivity index (χ4v) is 3.33. The van der Waals surface area contributed by atoms with E-state index in [-0.39, 0.29) is 11.3 Å². The van der Waals surface area contributed by atoms with Crippen LogP contribution in [0.4, 0.5) is 0 Å². The van der Waals surface area contributed by atoms with E-state index in [4.69, 9.17) is 4.42 Å². The summed E-state index contributed by atoms with van der Waals surface area (Å²) in [6.45, 7) is 7.62. The van der Waals surface area contributed by atoms with Crippen LogP contribution in [-0.2, 0) is 4.79 Å². The number of carbonyl (C=O) groups is 1. The van der Waals surface area contributed by atoms with Crippen LogP contribution in [0.25, 0.3) is 0 Å². The van der Waals surface area contributed by atoms with Gasteiger partial charge >= 0.3 is 0 Å². The molecule has 1 amide bonds. The third-order valence-corrected chi connectivity index (χ3v) is 4.42. The summed E-state index contributed by atoms with van der Waals surface area (Å²) in [5.41, 5.74) is -0.283. The quantitative estimate of drug-likeness (QED) is 0.782. The molecule has 18 heavy (non-hydrogen) atoms. The van der Waals surface area contributed by atoms with Gasteiger partial charge in [-0.3, -0.25) is 4.79 Å². The molecule has 1 aromatic rings. The molecule has 0 N–H and O–H groups in total. The largest absolute Gasteiger partial charge is 0.468 e. The lowest BCUT2D eigenvalue weighted by atomic mass is 9.94. The van der Waals surface area contributed by atoms with Crippen LogP contribution >= 0.6 is 11.8 Å². The van der Waals surface area contributed by atoms with E-state index in [1.807, 2.05) is 49.6 Å². The highest BCUT2D eigenvalue weighted by atomic mass is 32.2. The van der Waals surface area contributed by atoms with Gasteiger partial charge in [-0.25, -0.2) is 0 Å². The fourth-order valence-electron chi connectivity index (χ4n) is 2.15. The van der Waals surface area contributed by atoms with Crippen LogP contribution in [0, 0.1) is 5.41 Å². The van der Waals surface area contributed by atoms with Crippen molar-refractivity contribution in [3.05, 3.63) is 24.2 Å². The number of furan rings is 1. The van der Waals surface area contributed by atoms with E-state index in [2.05, 4.69) is 0 Å². The first kappa shape index (κ1) is 13.5. The lowest BCUT2D eigenvalue weighted by Crippen LogP contribution is -2.40. The molecule has 1 atom stereocenters. The molecule has 1 aromatic heterocycles. The van der Waals surface area contributed by atoms with Gasteiger partial charge in [0.2, 0.25) is 5.91 Å². The fraction of sp³-hybridized carbons (Fsp3) is 0.643. The van der Waals surface area contributed by atoms with E-state index in [0.29, 0.717) is 5.25 Å². The highest BCUT2D eigenvalue weighted by molar-refractivity contribution is 7.99. The molecular formula is C14H21NO2S. The Morgan fingerprint density at radius 2 is 2.22 bits per heavy atom. The van der Waals surface area contributed by atoms with Gasteiger partial charge in [-0.2, -0.15) is 0 Å². The van der Waals surface area contributed by atoms with E-state index in [9.17, 15) is 4.79 Å². The summed E-state index contributed by atoms with van der Waals surface area (Å²) in [5, 5.41) is 0.387. The summed E-state index contributed by atoms with van der Waals surface area (Å²) in [6.07, 6.45) is 2.69. The topological polar surface area (TPSA) is 33.5 Å². The van der Waals surface area contributed by atoms with Gasteiger partial charge in [0.15, 0.2) is 0 Å². The van der Waals surface area contributed by atoms with Crippen molar-refractivity contribution in [3.8, 4) is 0 Å². The first-order valence-electron chi connectivity index (χ1n) is 6.43. The van der Waals surface area contributed by atoms with Crippen molar-refractivity contribution >= 4 is 17.7 Å². The van der Waals surface area contributed by atoms with Gasteiger partial charge in [0.1, 0.15) is 5.76 Å². The van der Waals surface area contributed by atoms with Crippen LogP contribution < -0.4 is 0 Å². The molecule has 1 aliphatic rings. The van der Waals surface area contributed by atoms with E-state index in [1.54, 1.807) is 6.26 Å². The Hall–Kier alpha value is -0.900. The van der Waals surface area contributed by atoms with Crippen LogP contribution in [0.3, 0.4) is 0 Å². The Labute approximate surface area is 113 Å². The number of rotatable bonds is 1. The van der Waals surface area contributed by atoms with E-state index < -0.39 is 0 Å². The van der Waals surface area contributed by atoms with Crippen LogP contribution in [-0.4, -0.2) is 29.6 Å². The number of carbonyl (C=O) groups excluding carboxylic acids is 1. The smallest absolute Gasteiger partial charge is 0.227 e. The van der Waals surface area contributed by atoms with Gasteiger partial charge in [-0.05, 0) is 18.6 Å². The SMILES string of the molecule is CC(C)(C)C(=O)N1CCS[C@@H](c2ccco2)CC1. The maximum atomic E-state index is 12.3. The minimum absolute atomic E-state index is 0.253. The second-order valence-electron chi connectivity index (χ2n) is 5.71. The molecule has 0 radical (unpaired) electrons. The van der Waals surface area contributed by atoms with Gasteiger partial charge < -0.3 is 9.32 Å². The van der Waals surface area contributed by atoms with Gasteiger partial charge in [0.05, 0.1) is 11.5 Å². The third kappa shape index (κ3) is 3.10. The zero-order valence-corrected chi connectivity index (χ0v) is 12.1. The number of hydrogen-bond acceptors (Lipinski definition) is 3. The number of thioether (sulfide) groups is 1. The minimum Gasteiger partial charge on any atom is -0.468 e. The number of hydrogen-bond donors (Lipinski definition) is 0. The third-order valence-electron chi connectivity index (χ3n) is 3.13. The van der Waals surface area contributed by atoms with E-state index in [0.717, 1.165) is 31.0 Å². The summed E-state index contributed by atoms with van der Waals surface area (Å²) in [6, 6.07) is 3.96. The first-order valence-corrected chi connectivity index (χ1v) is 7.48. The molecule has 0 spiro atoms. The average molecular weight is 267 g/mol. The maximum Gasteiger partial charge on any atom is 0.227 e. The molecule has 1 fully saturated rings. The zero-order valence-electron chi connectivity index (χ0n) is 11.3. The second kappa shape index (κ2) is 5.39. The lowest BCUT2D eigenvalue weighted by molar-refractivity contribution is -0.139. The Morgan fingerprint density at radius 3 is 2.83 bits per heavy atom. The standard InChI is InChI=1S/C14H21NO2S/c1-14(2,3)13(16)15-7-6-12(18-10-8-15)11-5-4-9-17-11/h4-5,9,12H,6-8,10H2,1-3H3/t12-/m1/s1. The summed E-state index contributed by atoms with van der Waals surface area (Å²) in [7, 11) is 0. The van der Waals surface area contributed by atoms with Crippen molar-refractivity contribution in [2.75, 3.05) is 18.8 Å². The molecular weight excluding hydrogens is 246 g/mol. The van der Waals surface area contributed by atoms with Crippen LogP contribution in [0.15, 0.2) is 22.8 Å². The van der Waals surface area contributed by atoms with Crippen LogP contribution in [0.5, 0.6) is 0 Å². The predicted octanol–water partition coefficient (Wildman–Crippen LogP) is 3.33. The molecule has 2 heterocycles. The number of nitrogens with zero attached hydrogens (tertiary/aromatic N) is 1. The first-order chi connectivity index (χ1) is 8.48. The molecule has 0 unspecified atom stereocenters. The Kier molecular flexibility index (Phi) is 4.05. The maximum absolute atomic E-state index is 12.3. The summed E-state index contributed by atoms with van der Waals surface area (Å²) < 4.78 is 5.47. The Balaban J connectivity index is 1.99. The molecule has 2 rings (SSSR count). The summed E-state index contributed by atoms with van der Waals surface area (Å²) in [4.78, 5) is 14.3. The van der Waals surface area contributed by atoms with Crippen molar-refractivity contribution in [2.24, 2.45) is 5.41 Å². The molecule has 0 aliphatic carbocycles. The predicted molar refractivity (Wildman–Crippen MR) is 74.6 cm³/mol. The van der Waals surface area contributed by atoms with Crippen molar-refractivity contribution in [2.45, 2.75) is 32.4 Å². The molecule has 4 heteroatoms. The van der Waals surface area contributed by atoms with Crippen molar-refractivity contribution in [1.82, 2.24) is 4.90 Å². The molecule has 1 saturated heterocycles. The summed E-state index contributed by atoms with van der Waals surface area (Å²) >= 11 is 1.89. The van der Waals surface area contributed by atoms with Crippen molar-refractivity contribution in [1.29, 1.82) is 0 Å². The molecule has 0 aromatic carbocycles. The molecule has 100 valence electrons. The van der Waals surface area contributed by atoms with Crippen molar-refractivity contribution in [3.63, 3.8) is 0 Å². The highest BCUT2D eigenvalue weighted by Crippen LogP contribution is 2.35. The number of amides is 1. The molecule has 1 aliphatic heterocycles. The van der Waals surface area contributed by atoms with Gasteiger partial charge in [-0.15, -0.1) is 11.8 Å². The lowest BCUT2D eigenvalue weighted by Gasteiger charge is -2.28. The normalized spacial score (nSPS) is 21.7. The van der Waals surface area contributed by atoms with Crippen LogP contribution in [0.2, 0.25) is 0 Å².